The number of anilines is 1. The first kappa shape index (κ1) is 20.0. The number of rotatable bonds is 7. The Bertz CT molecular complexity index is 831. The van der Waals surface area contributed by atoms with Crippen LogP contribution in [0.3, 0.4) is 0 Å². The van der Waals surface area contributed by atoms with Gasteiger partial charge in [-0.05, 0) is 24.5 Å². The van der Waals surface area contributed by atoms with Crippen LogP contribution in [-0.4, -0.2) is 28.6 Å². The highest BCUT2D eigenvalue weighted by atomic mass is 19.1. The van der Waals surface area contributed by atoms with Crippen LogP contribution in [0.15, 0.2) is 24.3 Å². The Balaban J connectivity index is 1.41. The molecule has 3 rings (SSSR count). The fourth-order valence-corrected chi connectivity index (χ4v) is 3.50. The Hall–Kier alpha value is -2.77. The van der Waals surface area contributed by atoms with E-state index in [1.165, 1.54) is 32.1 Å². The van der Waals surface area contributed by atoms with E-state index in [0.717, 1.165) is 24.2 Å². The Kier molecular flexibility index (Phi) is 6.73. The third-order valence-electron chi connectivity index (χ3n) is 4.95. The van der Waals surface area contributed by atoms with Crippen LogP contribution in [0, 0.1) is 17.6 Å². The molecule has 1 heterocycles. The van der Waals surface area contributed by atoms with Crippen LogP contribution in [0.25, 0.3) is 0 Å². The Morgan fingerprint density at radius 2 is 1.93 bits per heavy atom. The number of H-pyrrole nitrogens is 1. The Morgan fingerprint density at radius 3 is 2.68 bits per heavy atom. The number of benzene rings is 1. The summed E-state index contributed by atoms with van der Waals surface area (Å²) in [6.07, 6.45) is 7.27. The summed E-state index contributed by atoms with van der Waals surface area (Å²) in [4.78, 5) is 23.9. The highest BCUT2D eigenvalue weighted by Crippen LogP contribution is 2.26. The van der Waals surface area contributed by atoms with E-state index in [0.29, 0.717) is 17.8 Å². The van der Waals surface area contributed by atoms with E-state index in [1.807, 2.05) is 6.07 Å². The van der Waals surface area contributed by atoms with Gasteiger partial charge in [0.05, 0.1) is 5.56 Å². The molecule has 6 nitrogen and oxygen atoms in total. The lowest BCUT2D eigenvalue weighted by Crippen LogP contribution is -2.28. The lowest BCUT2D eigenvalue weighted by Gasteiger charge is -2.20. The van der Waals surface area contributed by atoms with Gasteiger partial charge in [-0.25, -0.2) is 8.78 Å². The summed E-state index contributed by atoms with van der Waals surface area (Å²) < 4.78 is 26.4. The van der Waals surface area contributed by atoms with E-state index in [9.17, 15) is 18.4 Å². The molecule has 1 aliphatic rings. The zero-order valence-electron chi connectivity index (χ0n) is 15.6. The molecular formula is C20H24F2N4O2. The van der Waals surface area contributed by atoms with Gasteiger partial charge in [-0.15, -0.1) is 0 Å². The molecule has 8 heteroatoms. The molecule has 3 N–H and O–H groups in total. The summed E-state index contributed by atoms with van der Waals surface area (Å²) in [5, 5.41) is 12.2. The molecule has 1 aromatic heterocycles. The minimum absolute atomic E-state index is 0.0133. The van der Waals surface area contributed by atoms with Gasteiger partial charge in [-0.3, -0.25) is 14.7 Å². The highest BCUT2D eigenvalue weighted by Gasteiger charge is 2.16. The summed E-state index contributed by atoms with van der Waals surface area (Å²) in [5.41, 5.74) is 0.740. The van der Waals surface area contributed by atoms with Crippen LogP contribution >= 0.6 is 0 Å². The summed E-state index contributed by atoms with van der Waals surface area (Å²) in [7, 11) is 0. The van der Waals surface area contributed by atoms with Gasteiger partial charge in [-0.1, -0.05) is 32.1 Å². The summed E-state index contributed by atoms with van der Waals surface area (Å²) in [6.45, 7) is 0.0286. The second-order valence-electron chi connectivity index (χ2n) is 7.16. The normalized spacial score (nSPS) is 14.6. The largest absolute Gasteiger partial charge is 0.351 e. The first-order chi connectivity index (χ1) is 13.5. The van der Waals surface area contributed by atoms with Crippen molar-refractivity contribution in [3.63, 3.8) is 0 Å². The van der Waals surface area contributed by atoms with Crippen molar-refractivity contribution in [3.05, 3.63) is 47.2 Å². The fraction of sp³-hybridized carbons (Fsp3) is 0.450. The average molecular weight is 390 g/mol. The van der Waals surface area contributed by atoms with Gasteiger partial charge in [0.15, 0.2) is 5.82 Å². The van der Waals surface area contributed by atoms with Crippen molar-refractivity contribution in [2.75, 3.05) is 11.9 Å². The SMILES string of the molecule is O=C(CCNC(=O)c1ccc(F)cc1F)Nc1cc(CC2CCCCC2)[nH]n1. The Labute approximate surface area is 162 Å². The van der Waals surface area contributed by atoms with Crippen molar-refractivity contribution in [1.82, 2.24) is 15.5 Å². The molecule has 0 aliphatic heterocycles. The maximum Gasteiger partial charge on any atom is 0.254 e. The zero-order valence-corrected chi connectivity index (χ0v) is 15.6. The van der Waals surface area contributed by atoms with E-state index >= 15 is 0 Å². The van der Waals surface area contributed by atoms with Crippen molar-refractivity contribution >= 4 is 17.6 Å². The third kappa shape index (κ3) is 5.61. The van der Waals surface area contributed by atoms with E-state index in [4.69, 9.17) is 0 Å². The molecular weight excluding hydrogens is 366 g/mol. The molecule has 0 atom stereocenters. The third-order valence-corrected chi connectivity index (χ3v) is 4.95. The topological polar surface area (TPSA) is 86.9 Å². The van der Waals surface area contributed by atoms with E-state index in [1.54, 1.807) is 0 Å². The van der Waals surface area contributed by atoms with E-state index in [-0.39, 0.29) is 24.4 Å². The quantitative estimate of drug-likeness (QED) is 0.675. The number of aromatic nitrogens is 2. The smallest absolute Gasteiger partial charge is 0.254 e. The number of nitrogens with zero attached hydrogens (tertiary/aromatic N) is 1. The second-order valence-corrected chi connectivity index (χ2v) is 7.16. The molecule has 0 unspecified atom stereocenters. The van der Waals surface area contributed by atoms with Gasteiger partial charge >= 0.3 is 0 Å². The molecule has 2 amide bonds. The zero-order chi connectivity index (χ0) is 19.9. The van der Waals surface area contributed by atoms with Crippen LogP contribution in [-0.2, 0) is 11.2 Å². The van der Waals surface area contributed by atoms with Gasteiger partial charge in [0, 0.05) is 30.8 Å². The number of carbonyl (C=O) groups is 2. The summed E-state index contributed by atoms with van der Waals surface area (Å²) in [6, 6.07) is 4.55. The maximum absolute atomic E-state index is 13.6. The molecule has 1 saturated carbocycles. The maximum atomic E-state index is 13.6. The highest BCUT2D eigenvalue weighted by molar-refractivity contribution is 5.95. The van der Waals surface area contributed by atoms with E-state index in [2.05, 4.69) is 20.8 Å². The minimum atomic E-state index is -0.941. The second kappa shape index (κ2) is 9.43. The van der Waals surface area contributed by atoms with Crippen molar-refractivity contribution in [3.8, 4) is 0 Å². The molecule has 1 fully saturated rings. The van der Waals surface area contributed by atoms with Crippen molar-refractivity contribution in [2.24, 2.45) is 5.92 Å². The summed E-state index contributed by atoms with van der Waals surface area (Å²) >= 11 is 0. The molecule has 0 bridgehead atoms. The van der Waals surface area contributed by atoms with E-state index < -0.39 is 17.5 Å². The van der Waals surface area contributed by atoms with Gasteiger partial charge < -0.3 is 10.6 Å². The fourth-order valence-electron chi connectivity index (χ4n) is 3.50. The van der Waals surface area contributed by atoms with Crippen molar-refractivity contribution in [2.45, 2.75) is 44.9 Å². The predicted octanol–water partition coefficient (Wildman–Crippen LogP) is 3.57. The number of nitrogens with one attached hydrogen (secondary N) is 3. The molecule has 28 heavy (non-hydrogen) atoms. The lowest BCUT2D eigenvalue weighted by atomic mass is 9.86. The Morgan fingerprint density at radius 1 is 1.14 bits per heavy atom. The van der Waals surface area contributed by atoms with Crippen LogP contribution in [0.5, 0.6) is 0 Å². The molecule has 1 aromatic carbocycles. The molecule has 0 spiro atoms. The van der Waals surface area contributed by atoms with Crippen LogP contribution in [0.2, 0.25) is 0 Å². The number of carbonyl (C=O) groups excluding carboxylic acids is 2. The lowest BCUT2D eigenvalue weighted by molar-refractivity contribution is -0.116. The number of amides is 2. The number of halogens is 2. The van der Waals surface area contributed by atoms with Crippen LogP contribution in [0.1, 0.15) is 54.6 Å². The van der Waals surface area contributed by atoms with Crippen molar-refractivity contribution in [1.29, 1.82) is 0 Å². The van der Waals surface area contributed by atoms with Crippen molar-refractivity contribution < 1.29 is 18.4 Å². The molecule has 0 saturated heterocycles. The first-order valence-corrected chi connectivity index (χ1v) is 9.58. The molecule has 150 valence electrons. The van der Waals surface area contributed by atoms with Gasteiger partial charge in [-0.2, -0.15) is 5.10 Å². The molecule has 1 aliphatic carbocycles. The first-order valence-electron chi connectivity index (χ1n) is 9.58. The van der Waals surface area contributed by atoms with Gasteiger partial charge in [0.1, 0.15) is 11.6 Å². The number of aromatic amines is 1. The number of hydrogen-bond acceptors (Lipinski definition) is 3. The predicted molar refractivity (Wildman–Crippen MR) is 101 cm³/mol. The number of hydrogen-bond donors (Lipinski definition) is 3. The van der Waals surface area contributed by atoms with Gasteiger partial charge in [0.2, 0.25) is 5.91 Å². The van der Waals surface area contributed by atoms with Gasteiger partial charge in [0.25, 0.3) is 5.91 Å². The summed E-state index contributed by atoms with van der Waals surface area (Å²) in [5.74, 6) is -1.58. The minimum Gasteiger partial charge on any atom is -0.351 e. The van der Waals surface area contributed by atoms with Crippen LogP contribution in [0.4, 0.5) is 14.6 Å². The monoisotopic (exact) mass is 390 g/mol. The molecule has 2 aromatic rings. The standard InChI is InChI=1S/C20H24F2N4O2/c21-14-6-7-16(17(22)11-14)20(28)23-9-8-19(27)24-18-12-15(25-26-18)10-13-4-2-1-3-5-13/h6-7,11-13H,1-5,8-10H2,(H,23,28)(H2,24,25,26,27). The molecule has 0 radical (unpaired) electrons. The average Bonchev–Trinajstić information content (AvgIpc) is 3.09. The van der Waals surface area contributed by atoms with Crippen LogP contribution < -0.4 is 10.6 Å².